The summed E-state index contributed by atoms with van der Waals surface area (Å²) in [5, 5.41) is 0. The summed E-state index contributed by atoms with van der Waals surface area (Å²) in [5.74, 6) is 1.04. The molecule has 0 radical (unpaired) electrons. The van der Waals surface area contributed by atoms with Crippen LogP contribution in [-0.4, -0.2) is 40.2 Å². The molecule has 1 atom stereocenters. The topological polar surface area (TPSA) is 40.6 Å². The number of carbonyl (C=O) groups is 2. The number of aryl methyl sites for hydroxylation is 1. The molecule has 4 nitrogen and oxygen atoms in total. The van der Waals surface area contributed by atoms with Gasteiger partial charge in [0.15, 0.2) is 0 Å². The third-order valence-electron chi connectivity index (χ3n) is 7.68. The van der Waals surface area contributed by atoms with Crippen LogP contribution in [-0.2, 0) is 9.59 Å². The van der Waals surface area contributed by atoms with Crippen molar-refractivity contribution in [2.24, 2.45) is 5.92 Å². The number of benzene rings is 1. The van der Waals surface area contributed by atoms with E-state index in [1.54, 1.807) is 0 Å². The largest absolute Gasteiger partial charge is 0.328 e. The summed E-state index contributed by atoms with van der Waals surface area (Å²) >= 11 is 0. The maximum absolute atomic E-state index is 13.9. The Hall–Kier alpha value is -1.84. The highest BCUT2D eigenvalue weighted by molar-refractivity contribution is 5.96. The van der Waals surface area contributed by atoms with E-state index in [1.807, 2.05) is 9.80 Å². The summed E-state index contributed by atoms with van der Waals surface area (Å²) in [4.78, 5) is 31.4. The average molecular weight is 411 g/mol. The molecule has 0 bridgehead atoms. The van der Waals surface area contributed by atoms with Crippen molar-refractivity contribution in [1.82, 2.24) is 9.80 Å². The molecule has 2 aliphatic carbocycles. The van der Waals surface area contributed by atoms with E-state index in [0.29, 0.717) is 0 Å². The number of carbonyl (C=O) groups excluding carboxylic acids is 2. The van der Waals surface area contributed by atoms with Crippen molar-refractivity contribution in [3.05, 3.63) is 35.4 Å². The van der Waals surface area contributed by atoms with Gasteiger partial charge in [-0.1, -0.05) is 68.9 Å². The minimum absolute atomic E-state index is 0.153. The molecule has 0 aromatic heterocycles. The second kappa shape index (κ2) is 9.53. The smallest absolute Gasteiger partial charge is 0.250 e. The Morgan fingerprint density at radius 3 is 2.00 bits per heavy atom. The summed E-state index contributed by atoms with van der Waals surface area (Å²) < 4.78 is 0. The van der Waals surface area contributed by atoms with Gasteiger partial charge in [0.25, 0.3) is 5.91 Å². The van der Waals surface area contributed by atoms with E-state index in [2.05, 4.69) is 38.1 Å². The van der Waals surface area contributed by atoms with Crippen molar-refractivity contribution < 1.29 is 9.59 Å². The van der Waals surface area contributed by atoms with Crippen LogP contribution in [0.15, 0.2) is 24.3 Å². The van der Waals surface area contributed by atoms with Crippen molar-refractivity contribution >= 4 is 11.8 Å². The van der Waals surface area contributed by atoms with Crippen molar-refractivity contribution in [1.29, 1.82) is 0 Å². The van der Waals surface area contributed by atoms with Crippen LogP contribution in [0.4, 0.5) is 0 Å². The lowest BCUT2D eigenvalue weighted by atomic mass is 9.85. The van der Waals surface area contributed by atoms with Crippen molar-refractivity contribution in [2.75, 3.05) is 6.54 Å². The maximum atomic E-state index is 13.9. The fraction of sp³-hybridized carbons (Fsp3) is 0.692. The van der Waals surface area contributed by atoms with E-state index < -0.39 is 6.04 Å². The van der Waals surface area contributed by atoms with Gasteiger partial charge < -0.3 is 9.80 Å². The molecule has 1 aliphatic heterocycles. The molecule has 2 saturated carbocycles. The molecule has 0 spiro atoms. The molecule has 1 saturated heterocycles. The first-order chi connectivity index (χ1) is 14.5. The molecule has 1 heterocycles. The van der Waals surface area contributed by atoms with Crippen LogP contribution in [0.3, 0.4) is 0 Å². The molecule has 1 aromatic rings. The number of nitrogens with zero attached hydrogens (tertiary/aromatic N) is 2. The molecule has 3 aliphatic rings. The lowest BCUT2D eigenvalue weighted by Gasteiger charge is -2.48. The van der Waals surface area contributed by atoms with Crippen LogP contribution in [0.5, 0.6) is 0 Å². The SMILES string of the molecule is Cc1ccc(C2C(=O)N(C3CCC(C)CC3)CC(=O)N2C2CCCCCCC2)cc1. The van der Waals surface area contributed by atoms with Crippen molar-refractivity contribution in [3.63, 3.8) is 0 Å². The van der Waals surface area contributed by atoms with Gasteiger partial charge in [-0.05, 0) is 56.9 Å². The Bertz CT molecular complexity index is 728. The predicted molar refractivity (Wildman–Crippen MR) is 120 cm³/mol. The van der Waals surface area contributed by atoms with Gasteiger partial charge >= 0.3 is 0 Å². The van der Waals surface area contributed by atoms with E-state index in [-0.39, 0.29) is 30.4 Å². The Labute approximate surface area is 182 Å². The summed E-state index contributed by atoms with van der Waals surface area (Å²) in [7, 11) is 0. The Morgan fingerprint density at radius 1 is 0.767 bits per heavy atom. The van der Waals surface area contributed by atoms with Gasteiger partial charge in [-0.3, -0.25) is 9.59 Å². The highest BCUT2D eigenvalue weighted by Gasteiger charge is 2.45. The molecule has 30 heavy (non-hydrogen) atoms. The molecule has 4 rings (SSSR count). The van der Waals surface area contributed by atoms with E-state index in [0.717, 1.165) is 62.8 Å². The first-order valence-electron chi connectivity index (χ1n) is 12.2. The quantitative estimate of drug-likeness (QED) is 0.669. The minimum Gasteiger partial charge on any atom is -0.328 e. The number of hydrogen-bond acceptors (Lipinski definition) is 2. The van der Waals surface area contributed by atoms with Crippen LogP contribution < -0.4 is 0 Å². The highest BCUT2D eigenvalue weighted by atomic mass is 16.2. The monoisotopic (exact) mass is 410 g/mol. The predicted octanol–water partition coefficient (Wildman–Crippen LogP) is 5.40. The van der Waals surface area contributed by atoms with Crippen LogP contribution in [0.1, 0.15) is 94.7 Å². The first-order valence-corrected chi connectivity index (χ1v) is 12.2. The fourth-order valence-electron chi connectivity index (χ4n) is 5.77. The molecule has 4 heteroatoms. The standard InChI is InChI=1S/C26H38N2O2/c1-19-10-14-21(15-11-19)25-26(30)27(22-16-12-20(2)13-17-22)18-24(29)28(25)23-8-6-4-3-5-7-9-23/h10-11,14-15,20,22-23,25H,3-9,12-13,16-18H2,1-2H3. The zero-order chi connectivity index (χ0) is 21.1. The number of piperazine rings is 1. The van der Waals surface area contributed by atoms with Gasteiger partial charge in [0.2, 0.25) is 5.91 Å². The Morgan fingerprint density at radius 2 is 1.37 bits per heavy atom. The van der Waals surface area contributed by atoms with Crippen LogP contribution in [0.2, 0.25) is 0 Å². The third-order valence-corrected chi connectivity index (χ3v) is 7.68. The summed E-state index contributed by atoms with van der Waals surface area (Å²) in [6.45, 7) is 4.64. The minimum atomic E-state index is -0.448. The number of amides is 2. The molecule has 1 aromatic carbocycles. The zero-order valence-electron chi connectivity index (χ0n) is 18.8. The summed E-state index contributed by atoms with van der Waals surface area (Å²) in [6, 6.07) is 8.25. The van der Waals surface area contributed by atoms with Crippen molar-refractivity contribution in [2.45, 2.75) is 103 Å². The molecular weight excluding hydrogens is 372 g/mol. The second-order valence-corrected chi connectivity index (χ2v) is 9.99. The van der Waals surface area contributed by atoms with Crippen LogP contribution in [0, 0.1) is 12.8 Å². The normalized spacial score (nSPS) is 29.6. The molecular formula is C26H38N2O2. The summed E-state index contributed by atoms with van der Waals surface area (Å²) in [5.41, 5.74) is 2.17. The second-order valence-electron chi connectivity index (χ2n) is 9.99. The average Bonchev–Trinajstić information content (AvgIpc) is 2.71. The molecule has 0 N–H and O–H groups in total. The fourth-order valence-corrected chi connectivity index (χ4v) is 5.77. The van der Waals surface area contributed by atoms with Gasteiger partial charge in [-0.2, -0.15) is 0 Å². The van der Waals surface area contributed by atoms with E-state index in [9.17, 15) is 9.59 Å². The maximum Gasteiger partial charge on any atom is 0.250 e. The van der Waals surface area contributed by atoms with Gasteiger partial charge in [0, 0.05) is 12.1 Å². The van der Waals surface area contributed by atoms with Crippen molar-refractivity contribution in [3.8, 4) is 0 Å². The van der Waals surface area contributed by atoms with Gasteiger partial charge in [0.1, 0.15) is 12.6 Å². The Balaban J connectivity index is 1.64. The van der Waals surface area contributed by atoms with E-state index in [1.165, 1.54) is 24.8 Å². The molecule has 164 valence electrons. The zero-order valence-corrected chi connectivity index (χ0v) is 18.8. The van der Waals surface area contributed by atoms with Gasteiger partial charge in [0.05, 0.1) is 0 Å². The number of hydrogen-bond donors (Lipinski definition) is 0. The van der Waals surface area contributed by atoms with Gasteiger partial charge in [-0.15, -0.1) is 0 Å². The van der Waals surface area contributed by atoms with E-state index >= 15 is 0 Å². The Kier molecular flexibility index (Phi) is 6.80. The first kappa shape index (κ1) is 21.4. The van der Waals surface area contributed by atoms with Gasteiger partial charge in [-0.25, -0.2) is 0 Å². The van der Waals surface area contributed by atoms with Crippen LogP contribution in [0.25, 0.3) is 0 Å². The summed E-state index contributed by atoms with van der Waals surface area (Å²) in [6.07, 6.45) is 12.5. The molecule has 2 amide bonds. The van der Waals surface area contributed by atoms with Crippen LogP contribution >= 0.6 is 0 Å². The third kappa shape index (κ3) is 4.58. The lowest BCUT2D eigenvalue weighted by Crippen LogP contribution is -2.61. The molecule has 1 unspecified atom stereocenters. The number of rotatable bonds is 3. The lowest BCUT2D eigenvalue weighted by molar-refractivity contribution is -0.162. The van der Waals surface area contributed by atoms with E-state index in [4.69, 9.17) is 0 Å². The highest BCUT2D eigenvalue weighted by Crippen LogP contribution is 2.37. The molecule has 3 fully saturated rings.